The molecule has 0 fully saturated rings. The number of nitrogen functional groups attached to an aromatic ring is 1. The molecule has 2 heterocycles. The van der Waals surface area contributed by atoms with E-state index in [9.17, 15) is 0 Å². The first kappa shape index (κ1) is 13.2. The van der Waals surface area contributed by atoms with Gasteiger partial charge in [-0.3, -0.25) is 4.68 Å². The van der Waals surface area contributed by atoms with Crippen LogP contribution in [0.15, 0.2) is 55.0 Å². The number of anilines is 1. The number of nitrogens with zero attached hydrogens (tertiary/aromatic N) is 3. The predicted molar refractivity (Wildman–Crippen MR) is 82.0 cm³/mol. The third-order valence-electron chi connectivity index (χ3n) is 3.25. The second-order valence-corrected chi connectivity index (χ2v) is 4.74. The fourth-order valence-electron chi connectivity index (χ4n) is 2.15. The molecule has 0 radical (unpaired) electrons. The summed E-state index contributed by atoms with van der Waals surface area (Å²) in [5.74, 6) is 1.36. The zero-order valence-corrected chi connectivity index (χ0v) is 11.7. The molecule has 2 aromatic heterocycles. The highest BCUT2D eigenvalue weighted by Gasteiger charge is 2.03. The molecule has 0 unspecified atom stereocenters. The van der Waals surface area contributed by atoms with Crippen molar-refractivity contribution in [3.05, 3.63) is 60.6 Å². The number of aromatic nitrogens is 3. The van der Waals surface area contributed by atoms with Crippen LogP contribution in [0.2, 0.25) is 0 Å². The molecular weight excluding hydrogens is 264 g/mol. The summed E-state index contributed by atoms with van der Waals surface area (Å²) in [5, 5.41) is 4.38. The molecule has 5 heteroatoms. The minimum absolute atomic E-state index is 0.510. The fourth-order valence-corrected chi connectivity index (χ4v) is 2.15. The first-order valence-electron chi connectivity index (χ1n) is 6.62. The summed E-state index contributed by atoms with van der Waals surface area (Å²) in [6.45, 7) is 0.713. The molecule has 0 saturated carbocycles. The van der Waals surface area contributed by atoms with Crippen molar-refractivity contribution in [2.45, 2.75) is 6.54 Å². The maximum absolute atomic E-state index is 5.70. The van der Waals surface area contributed by atoms with Crippen LogP contribution in [-0.2, 0) is 6.54 Å². The third kappa shape index (κ3) is 3.02. The summed E-state index contributed by atoms with van der Waals surface area (Å²) >= 11 is 0. The van der Waals surface area contributed by atoms with E-state index < -0.39 is 0 Å². The van der Waals surface area contributed by atoms with Crippen LogP contribution in [0, 0.1) is 0 Å². The van der Waals surface area contributed by atoms with Crippen LogP contribution in [0.5, 0.6) is 5.75 Å². The molecule has 21 heavy (non-hydrogen) atoms. The molecule has 0 aliphatic rings. The molecule has 0 amide bonds. The summed E-state index contributed by atoms with van der Waals surface area (Å²) in [5.41, 5.74) is 8.91. The van der Waals surface area contributed by atoms with E-state index in [1.165, 1.54) is 5.56 Å². The summed E-state index contributed by atoms with van der Waals surface area (Å²) in [7, 11) is 1.66. The van der Waals surface area contributed by atoms with Crippen LogP contribution < -0.4 is 10.5 Å². The van der Waals surface area contributed by atoms with E-state index in [1.54, 1.807) is 13.3 Å². The van der Waals surface area contributed by atoms with E-state index in [1.807, 2.05) is 53.5 Å². The number of pyridine rings is 1. The van der Waals surface area contributed by atoms with E-state index in [0.29, 0.717) is 12.4 Å². The lowest BCUT2D eigenvalue weighted by atomic mass is 10.1. The highest BCUT2D eigenvalue weighted by atomic mass is 16.5. The number of hydrogen-bond donors (Lipinski definition) is 1. The van der Waals surface area contributed by atoms with Crippen LogP contribution in [0.1, 0.15) is 5.56 Å². The lowest BCUT2D eigenvalue weighted by Gasteiger charge is -2.03. The molecule has 1 aromatic carbocycles. The van der Waals surface area contributed by atoms with E-state index in [4.69, 9.17) is 10.5 Å². The van der Waals surface area contributed by atoms with Crippen LogP contribution >= 0.6 is 0 Å². The van der Waals surface area contributed by atoms with Gasteiger partial charge in [0.25, 0.3) is 0 Å². The van der Waals surface area contributed by atoms with Crippen LogP contribution in [0.25, 0.3) is 11.1 Å². The highest BCUT2D eigenvalue weighted by molar-refractivity contribution is 5.64. The van der Waals surface area contributed by atoms with Crippen molar-refractivity contribution in [3.63, 3.8) is 0 Å². The van der Waals surface area contributed by atoms with Crippen molar-refractivity contribution in [1.82, 2.24) is 14.8 Å². The Morgan fingerprint density at radius 1 is 1.14 bits per heavy atom. The second kappa shape index (κ2) is 5.66. The molecule has 5 nitrogen and oxygen atoms in total. The van der Waals surface area contributed by atoms with Crippen molar-refractivity contribution in [1.29, 1.82) is 0 Å². The van der Waals surface area contributed by atoms with E-state index in [0.717, 1.165) is 16.9 Å². The highest BCUT2D eigenvalue weighted by Crippen LogP contribution is 2.20. The van der Waals surface area contributed by atoms with Crippen molar-refractivity contribution in [3.8, 4) is 16.9 Å². The Morgan fingerprint density at radius 2 is 1.95 bits per heavy atom. The minimum atomic E-state index is 0.510. The van der Waals surface area contributed by atoms with E-state index >= 15 is 0 Å². The number of rotatable bonds is 4. The van der Waals surface area contributed by atoms with Crippen LogP contribution in [0.4, 0.5) is 5.82 Å². The lowest BCUT2D eigenvalue weighted by molar-refractivity contribution is 0.414. The van der Waals surface area contributed by atoms with Gasteiger partial charge in [0, 0.05) is 18.0 Å². The van der Waals surface area contributed by atoms with Crippen LogP contribution in [0.3, 0.4) is 0 Å². The van der Waals surface area contributed by atoms with Gasteiger partial charge in [0.05, 0.1) is 19.9 Å². The van der Waals surface area contributed by atoms with Crippen molar-refractivity contribution in [2.75, 3.05) is 12.8 Å². The predicted octanol–water partition coefficient (Wildman–Crippen LogP) is 2.58. The zero-order chi connectivity index (χ0) is 14.7. The number of ether oxygens (including phenoxy) is 1. The average molecular weight is 280 g/mol. The first-order valence-corrected chi connectivity index (χ1v) is 6.62. The molecule has 106 valence electrons. The van der Waals surface area contributed by atoms with Gasteiger partial charge in [-0.05, 0) is 35.4 Å². The quantitative estimate of drug-likeness (QED) is 0.797. The molecule has 0 spiro atoms. The van der Waals surface area contributed by atoms with Gasteiger partial charge in [0.1, 0.15) is 11.6 Å². The fraction of sp³-hybridized carbons (Fsp3) is 0.125. The lowest BCUT2D eigenvalue weighted by Crippen LogP contribution is -1.99. The molecular formula is C16H16N4O. The molecule has 3 aromatic rings. The van der Waals surface area contributed by atoms with Gasteiger partial charge in [-0.25, -0.2) is 4.98 Å². The maximum atomic E-state index is 5.70. The summed E-state index contributed by atoms with van der Waals surface area (Å²) < 4.78 is 7.05. The van der Waals surface area contributed by atoms with Crippen molar-refractivity contribution in [2.24, 2.45) is 0 Å². The molecule has 0 aliphatic heterocycles. The number of nitrogens with two attached hydrogens (primary N) is 1. The Kier molecular flexibility index (Phi) is 3.55. The standard InChI is InChI=1S/C16H16N4O/c1-21-15-4-2-12(3-5-15)10-20-11-14(9-19-20)13-6-7-18-16(17)8-13/h2-9,11H,10H2,1H3,(H2,17,18). The smallest absolute Gasteiger partial charge is 0.123 e. The average Bonchev–Trinajstić information content (AvgIpc) is 2.97. The first-order chi connectivity index (χ1) is 10.2. The topological polar surface area (TPSA) is 66.0 Å². The van der Waals surface area contributed by atoms with Gasteiger partial charge in [-0.1, -0.05) is 12.1 Å². The van der Waals surface area contributed by atoms with Crippen LogP contribution in [-0.4, -0.2) is 21.9 Å². The molecule has 2 N–H and O–H groups in total. The second-order valence-electron chi connectivity index (χ2n) is 4.74. The van der Waals surface area contributed by atoms with Crippen molar-refractivity contribution < 1.29 is 4.74 Å². The SMILES string of the molecule is COc1ccc(Cn2cc(-c3ccnc(N)c3)cn2)cc1. The summed E-state index contributed by atoms with van der Waals surface area (Å²) in [6.07, 6.45) is 5.53. The van der Waals surface area contributed by atoms with Gasteiger partial charge in [0.15, 0.2) is 0 Å². The normalized spacial score (nSPS) is 10.5. The third-order valence-corrected chi connectivity index (χ3v) is 3.25. The maximum Gasteiger partial charge on any atom is 0.123 e. The van der Waals surface area contributed by atoms with Crippen molar-refractivity contribution >= 4 is 5.82 Å². The molecule has 0 atom stereocenters. The number of methoxy groups -OCH3 is 1. The largest absolute Gasteiger partial charge is 0.497 e. The molecule has 0 bridgehead atoms. The van der Waals surface area contributed by atoms with Gasteiger partial charge in [-0.15, -0.1) is 0 Å². The Bertz CT molecular complexity index is 734. The minimum Gasteiger partial charge on any atom is -0.497 e. The number of benzene rings is 1. The van der Waals surface area contributed by atoms with E-state index in [-0.39, 0.29) is 0 Å². The Balaban J connectivity index is 1.78. The Morgan fingerprint density at radius 3 is 2.67 bits per heavy atom. The molecule has 3 rings (SSSR count). The molecule has 0 saturated heterocycles. The van der Waals surface area contributed by atoms with Gasteiger partial charge >= 0.3 is 0 Å². The molecule has 0 aliphatic carbocycles. The van der Waals surface area contributed by atoms with Gasteiger partial charge in [0.2, 0.25) is 0 Å². The Labute approximate surface area is 123 Å². The summed E-state index contributed by atoms with van der Waals surface area (Å²) in [6, 6.07) is 11.7. The van der Waals surface area contributed by atoms with Gasteiger partial charge in [-0.2, -0.15) is 5.10 Å². The van der Waals surface area contributed by atoms with Gasteiger partial charge < -0.3 is 10.5 Å². The zero-order valence-electron chi connectivity index (χ0n) is 11.7. The Hall–Kier alpha value is -2.82. The number of hydrogen-bond acceptors (Lipinski definition) is 4. The monoisotopic (exact) mass is 280 g/mol. The summed E-state index contributed by atoms with van der Waals surface area (Å²) in [4.78, 5) is 3.99. The van der Waals surface area contributed by atoms with E-state index in [2.05, 4.69) is 10.1 Å².